The summed E-state index contributed by atoms with van der Waals surface area (Å²) in [6, 6.07) is 0. The number of aromatic nitrogens is 3. The summed E-state index contributed by atoms with van der Waals surface area (Å²) >= 11 is 0. The lowest BCUT2D eigenvalue weighted by Gasteiger charge is -2.10. The molecule has 2 aromatic rings. The van der Waals surface area contributed by atoms with Gasteiger partial charge < -0.3 is 20.8 Å². The number of phenols is 2. The number of hydrogen-bond donors (Lipinski definition) is 6. The predicted octanol–water partition coefficient (Wildman–Crippen LogP) is -3.23. The first kappa shape index (κ1) is 22.5. The maximum absolute atomic E-state index is 11.2. The van der Waals surface area contributed by atoms with Crippen molar-refractivity contribution in [2.45, 2.75) is 0 Å². The summed E-state index contributed by atoms with van der Waals surface area (Å²) in [6.07, 6.45) is 1.40. The molecule has 10 N–H and O–H groups in total. The van der Waals surface area contributed by atoms with Gasteiger partial charge in [0, 0.05) is 0 Å². The van der Waals surface area contributed by atoms with Crippen molar-refractivity contribution < 1.29 is 40.2 Å². The van der Waals surface area contributed by atoms with Crippen molar-refractivity contribution in [2.75, 3.05) is 11.3 Å². The van der Waals surface area contributed by atoms with E-state index >= 15 is 0 Å². The number of aromatic amines is 1. The molecule has 0 bridgehead atoms. The molecule has 0 aliphatic carbocycles. The van der Waals surface area contributed by atoms with E-state index in [2.05, 4.69) is 15.6 Å². The van der Waals surface area contributed by atoms with Gasteiger partial charge in [-0.05, 0) is 5.10 Å². The van der Waals surface area contributed by atoms with Gasteiger partial charge in [0.1, 0.15) is 0 Å². The molecule has 1 aromatic carbocycles. The molecule has 0 aliphatic rings. The zero-order valence-electron chi connectivity index (χ0n) is 12.7. The van der Waals surface area contributed by atoms with Crippen molar-refractivity contribution in [3.8, 4) is 17.2 Å². The highest BCUT2D eigenvalue weighted by Gasteiger charge is 2.38. The second-order valence-electron chi connectivity index (χ2n) is 4.10. The van der Waals surface area contributed by atoms with E-state index in [0.29, 0.717) is 5.95 Å². The molecule has 0 radical (unpaired) electrons. The van der Waals surface area contributed by atoms with Crippen molar-refractivity contribution in [1.82, 2.24) is 10.2 Å². The number of anilines is 1. The average molecular weight is 393 g/mol. The number of nitrogens with zero attached hydrogens (tertiary/aromatic N) is 5. The van der Waals surface area contributed by atoms with E-state index in [-0.39, 0.29) is 5.48 Å². The minimum atomic E-state index is -1.93. The second-order valence-corrected chi connectivity index (χ2v) is 4.10. The van der Waals surface area contributed by atoms with Gasteiger partial charge >= 0.3 is 23.0 Å². The first-order valence-electron chi connectivity index (χ1n) is 5.93. The zero-order chi connectivity index (χ0) is 20.2. The lowest BCUT2D eigenvalue weighted by molar-refractivity contribution is -0.624. The number of rotatable bonds is 4. The van der Waals surface area contributed by atoms with Crippen molar-refractivity contribution >= 4 is 23.0 Å². The molecule has 0 saturated carbocycles. The Kier molecular flexibility index (Phi) is 7.11. The van der Waals surface area contributed by atoms with Crippen molar-refractivity contribution in [1.29, 1.82) is 0 Å². The number of hydrazine groups is 1. The molecule has 0 atom stereocenters. The van der Waals surface area contributed by atoms with Crippen molar-refractivity contribution in [2.24, 2.45) is 5.84 Å². The Morgan fingerprint density at radius 2 is 1.44 bits per heavy atom. The number of nitro benzene ring substituents is 3. The third-order valence-corrected chi connectivity index (χ3v) is 2.62. The van der Waals surface area contributed by atoms with Crippen LogP contribution in [0, 0.1) is 30.3 Å². The fourth-order valence-corrected chi connectivity index (χ4v) is 1.55. The number of nitrogen functional groups attached to an aromatic ring is 2. The molecule has 148 valence electrons. The molecule has 0 saturated heterocycles. The second kappa shape index (κ2) is 8.54. The molecule has 0 spiro atoms. The van der Waals surface area contributed by atoms with Crippen LogP contribution < -0.4 is 26.9 Å². The average Bonchev–Trinajstić information content (AvgIpc) is 2.91. The highest BCUT2D eigenvalue weighted by Crippen LogP contribution is 2.53. The summed E-state index contributed by atoms with van der Waals surface area (Å²) in [6.45, 7) is 0. The third-order valence-electron chi connectivity index (χ3n) is 2.62. The van der Waals surface area contributed by atoms with E-state index in [1.165, 1.54) is 11.0 Å². The minimum Gasteiger partial charge on any atom is -0.863 e. The maximum Gasteiger partial charge on any atom is 0.379 e. The van der Waals surface area contributed by atoms with E-state index in [1.807, 2.05) is 0 Å². The molecule has 1 aromatic heterocycles. The van der Waals surface area contributed by atoms with E-state index < -0.39 is 49.1 Å². The SMILES string of the molecule is NNc1[nH]nc[n+]1N.O.O=[N+]([O-])c1c([O-])c([N+](=O)[O-])c(O)c([N+](=O)[O-])c1O. The van der Waals surface area contributed by atoms with Crippen LogP contribution in [-0.2, 0) is 0 Å². The van der Waals surface area contributed by atoms with Crippen molar-refractivity contribution in [3.63, 3.8) is 0 Å². The predicted molar refractivity (Wildman–Crippen MR) is 79.5 cm³/mol. The number of benzene rings is 1. The normalized spacial score (nSPS) is 9.37. The van der Waals surface area contributed by atoms with Gasteiger partial charge in [-0.2, -0.15) is 0 Å². The number of hydrogen-bond acceptors (Lipinski definition) is 13. The van der Waals surface area contributed by atoms with Crippen LogP contribution in [0.5, 0.6) is 17.2 Å². The Labute approximate surface area is 145 Å². The van der Waals surface area contributed by atoms with Crippen LogP contribution in [0.3, 0.4) is 0 Å². The van der Waals surface area contributed by atoms with Gasteiger partial charge in [-0.1, -0.05) is 0 Å². The van der Waals surface area contributed by atoms with Crippen LogP contribution in [0.2, 0.25) is 0 Å². The lowest BCUT2D eigenvalue weighted by Crippen LogP contribution is -2.45. The first-order valence-corrected chi connectivity index (χ1v) is 5.93. The third kappa shape index (κ3) is 4.31. The molecule has 0 unspecified atom stereocenters. The van der Waals surface area contributed by atoms with Crippen LogP contribution in [0.1, 0.15) is 0 Å². The molecule has 1 heterocycles. The number of H-pyrrole nitrogens is 1. The maximum atomic E-state index is 11.2. The number of aromatic hydroxyl groups is 2. The van der Waals surface area contributed by atoms with Crippen LogP contribution >= 0.6 is 0 Å². The van der Waals surface area contributed by atoms with E-state index in [9.17, 15) is 35.4 Å². The topological polar surface area (TPSA) is 321 Å². The van der Waals surface area contributed by atoms with Crippen LogP contribution in [0.15, 0.2) is 6.33 Å². The van der Waals surface area contributed by atoms with Gasteiger partial charge in [-0.25, -0.2) is 11.3 Å². The fraction of sp³-hybridized carbons (Fsp3) is 0. The van der Waals surface area contributed by atoms with E-state index in [0.717, 1.165) is 0 Å². The Bertz CT molecular complexity index is 778. The molecule has 0 aliphatic heterocycles. The Morgan fingerprint density at radius 1 is 1.04 bits per heavy atom. The highest BCUT2D eigenvalue weighted by molar-refractivity contribution is 5.80. The van der Waals surface area contributed by atoms with Crippen molar-refractivity contribution in [3.05, 3.63) is 36.7 Å². The molecule has 19 heteroatoms. The molecular formula is C8H11N9O10. The van der Waals surface area contributed by atoms with Gasteiger partial charge in [-0.15, -0.1) is 9.77 Å². The van der Waals surface area contributed by atoms with Crippen LogP contribution in [0.4, 0.5) is 23.0 Å². The molecule has 2 rings (SSSR count). The van der Waals surface area contributed by atoms with Gasteiger partial charge in [-0.3, -0.25) is 36.2 Å². The Morgan fingerprint density at radius 3 is 1.67 bits per heavy atom. The number of phenolic OH excluding ortho intramolecular Hbond substituents is 2. The Balaban J connectivity index is 0.000000629. The zero-order valence-corrected chi connectivity index (χ0v) is 12.7. The van der Waals surface area contributed by atoms with E-state index in [1.54, 1.807) is 0 Å². The largest absolute Gasteiger partial charge is 0.863 e. The summed E-state index contributed by atoms with van der Waals surface area (Å²) in [5, 5.41) is 66.9. The van der Waals surface area contributed by atoms with Crippen LogP contribution in [0.25, 0.3) is 0 Å². The van der Waals surface area contributed by atoms with Crippen LogP contribution in [-0.4, -0.2) is 40.7 Å². The first-order chi connectivity index (χ1) is 12.0. The quantitative estimate of drug-likeness (QED) is 0.129. The fourth-order valence-electron chi connectivity index (χ4n) is 1.55. The molecule has 19 nitrogen and oxygen atoms in total. The lowest BCUT2D eigenvalue weighted by atomic mass is 10.2. The molecule has 27 heavy (non-hydrogen) atoms. The number of nitrogens with one attached hydrogen (secondary N) is 2. The van der Waals surface area contributed by atoms with Gasteiger partial charge in [0.15, 0.2) is 0 Å². The summed E-state index contributed by atoms with van der Waals surface area (Å²) < 4.78 is 1.24. The molecular weight excluding hydrogens is 382 g/mol. The standard InChI is InChI=1S/C6H3N3O9.C2H6N6.H2O/c10-4-1(7(13)14)5(11)3(9(17)18)6(12)2(4)8(15)16;3-6-2-7-5-1-8(2)4;/h10-12H;1H,3-4H2,(H,6,7);1H2. The van der Waals surface area contributed by atoms with Gasteiger partial charge in [0.2, 0.25) is 0 Å². The highest BCUT2D eigenvalue weighted by atomic mass is 16.6. The smallest absolute Gasteiger partial charge is 0.379 e. The monoisotopic (exact) mass is 393 g/mol. The summed E-state index contributed by atoms with van der Waals surface area (Å²) in [5.74, 6) is 5.27. The molecule has 0 amide bonds. The Hall–Kier alpha value is -4.52. The molecule has 0 fully saturated rings. The summed E-state index contributed by atoms with van der Waals surface area (Å²) in [5.41, 5.74) is -2.87. The summed E-state index contributed by atoms with van der Waals surface area (Å²) in [4.78, 5) is 26.8. The van der Waals surface area contributed by atoms with Gasteiger partial charge in [0.05, 0.1) is 20.5 Å². The number of nitrogens with two attached hydrogens (primary N) is 2. The minimum absolute atomic E-state index is 0. The van der Waals surface area contributed by atoms with E-state index in [4.69, 9.17) is 21.9 Å². The number of nitro groups is 3. The van der Waals surface area contributed by atoms with Gasteiger partial charge in [0.25, 0.3) is 17.8 Å². The summed E-state index contributed by atoms with van der Waals surface area (Å²) in [7, 11) is 0.